The molecule has 4 nitrogen and oxygen atoms in total. The number of carbonyl (C=O) groups excluding carboxylic acids is 3. The summed E-state index contributed by atoms with van der Waals surface area (Å²) in [6.45, 7) is 9.48. The Labute approximate surface area is 122 Å². The Morgan fingerprint density at radius 2 is 1.80 bits per heavy atom. The Bertz CT molecular complexity index is 363. The molecule has 0 aliphatic heterocycles. The molecule has 0 aliphatic rings. The summed E-state index contributed by atoms with van der Waals surface area (Å²) in [7, 11) is 1.36. The molecule has 0 aromatic heterocycles. The van der Waals surface area contributed by atoms with Gasteiger partial charge in [-0.15, -0.1) is 0 Å². The topological polar surface area (TPSA) is 60.4 Å². The normalized spacial score (nSPS) is 18.5. The van der Waals surface area contributed by atoms with Gasteiger partial charge >= 0.3 is 5.97 Å². The molecule has 0 saturated heterocycles. The number of Topliss-reactive ketones (excluding diaryl/α,β-unsaturated/α-hetero) is 1. The molecule has 20 heavy (non-hydrogen) atoms. The third-order valence-corrected chi connectivity index (χ3v) is 5.15. The fraction of sp³-hybridized carbons (Fsp3) is 0.812. The number of rotatable bonds is 9. The first-order chi connectivity index (χ1) is 9.24. The van der Waals surface area contributed by atoms with Crippen molar-refractivity contribution in [2.24, 2.45) is 16.7 Å². The molecule has 0 N–H and O–H groups in total. The monoisotopic (exact) mass is 284 g/mol. The van der Waals surface area contributed by atoms with E-state index in [1.165, 1.54) is 7.11 Å². The highest BCUT2D eigenvalue weighted by Crippen LogP contribution is 2.51. The summed E-state index contributed by atoms with van der Waals surface area (Å²) in [4.78, 5) is 35.0. The molecule has 0 saturated carbocycles. The van der Waals surface area contributed by atoms with E-state index in [9.17, 15) is 14.4 Å². The Hall–Kier alpha value is -1.19. The van der Waals surface area contributed by atoms with Crippen molar-refractivity contribution in [2.45, 2.75) is 60.3 Å². The number of unbranched alkanes of at least 4 members (excludes halogenated alkanes) is 1. The van der Waals surface area contributed by atoms with E-state index in [4.69, 9.17) is 4.74 Å². The number of hydrogen-bond acceptors (Lipinski definition) is 4. The number of ketones is 1. The molecule has 0 radical (unpaired) electrons. The van der Waals surface area contributed by atoms with Crippen molar-refractivity contribution in [1.29, 1.82) is 0 Å². The van der Waals surface area contributed by atoms with Crippen molar-refractivity contribution in [1.82, 2.24) is 0 Å². The van der Waals surface area contributed by atoms with Gasteiger partial charge in [0.25, 0.3) is 0 Å². The van der Waals surface area contributed by atoms with Gasteiger partial charge in [-0.05, 0) is 25.2 Å². The minimum atomic E-state index is -0.783. The molecule has 0 aliphatic carbocycles. The van der Waals surface area contributed by atoms with Gasteiger partial charge in [-0.2, -0.15) is 0 Å². The molecule has 4 heteroatoms. The molecule has 0 rings (SSSR count). The lowest BCUT2D eigenvalue weighted by atomic mass is 9.55. The predicted molar refractivity (Wildman–Crippen MR) is 78.3 cm³/mol. The fourth-order valence-corrected chi connectivity index (χ4v) is 2.94. The van der Waals surface area contributed by atoms with Crippen molar-refractivity contribution >= 4 is 18.0 Å². The van der Waals surface area contributed by atoms with Gasteiger partial charge in [0.2, 0.25) is 0 Å². The maximum Gasteiger partial charge on any atom is 0.312 e. The zero-order valence-corrected chi connectivity index (χ0v) is 13.6. The largest absolute Gasteiger partial charge is 0.469 e. The highest BCUT2D eigenvalue weighted by Gasteiger charge is 2.53. The lowest BCUT2D eigenvalue weighted by molar-refractivity contribution is -0.166. The number of ether oxygens (including phenoxy) is 1. The maximum absolute atomic E-state index is 12.3. The van der Waals surface area contributed by atoms with Crippen molar-refractivity contribution in [3.8, 4) is 0 Å². The van der Waals surface area contributed by atoms with E-state index in [2.05, 4.69) is 6.92 Å². The minimum absolute atomic E-state index is 0.316. The van der Waals surface area contributed by atoms with Gasteiger partial charge in [-0.3, -0.25) is 14.4 Å². The molecule has 3 atom stereocenters. The van der Waals surface area contributed by atoms with Crippen LogP contribution in [0.4, 0.5) is 0 Å². The van der Waals surface area contributed by atoms with Crippen LogP contribution in [-0.2, 0) is 19.1 Å². The lowest BCUT2D eigenvalue weighted by Crippen LogP contribution is -2.50. The van der Waals surface area contributed by atoms with Gasteiger partial charge in [0.1, 0.15) is 0 Å². The van der Waals surface area contributed by atoms with Gasteiger partial charge in [0, 0.05) is 5.92 Å². The third kappa shape index (κ3) is 3.28. The van der Waals surface area contributed by atoms with Crippen molar-refractivity contribution in [2.75, 3.05) is 7.11 Å². The van der Waals surface area contributed by atoms with E-state index >= 15 is 0 Å². The molecule has 0 aromatic rings. The smallest absolute Gasteiger partial charge is 0.312 e. The predicted octanol–water partition coefficient (Wildman–Crippen LogP) is 3.18. The standard InChI is InChI=1S/C16H28O4/c1-7-9-10-16(5,12(3)13(18)11-17)15(4,8-2)14(19)20-6/h11-12H,7-10H2,1-6H3. The van der Waals surface area contributed by atoms with Crippen LogP contribution in [-0.4, -0.2) is 25.1 Å². The molecular formula is C16H28O4. The Morgan fingerprint density at radius 3 is 2.15 bits per heavy atom. The first-order valence-electron chi connectivity index (χ1n) is 7.32. The van der Waals surface area contributed by atoms with Crippen LogP contribution < -0.4 is 0 Å². The molecule has 0 aromatic carbocycles. The average Bonchev–Trinajstić information content (AvgIpc) is 2.48. The Balaban J connectivity index is 5.77. The number of methoxy groups -OCH3 is 1. The minimum Gasteiger partial charge on any atom is -0.469 e. The van der Waals surface area contributed by atoms with Crippen LogP contribution in [0.15, 0.2) is 0 Å². The molecule has 0 spiro atoms. The second-order valence-electron chi connectivity index (χ2n) is 5.94. The number of hydrogen-bond donors (Lipinski definition) is 0. The Morgan fingerprint density at radius 1 is 1.25 bits per heavy atom. The summed E-state index contributed by atoms with van der Waals surface area (Å²) in [5, 5.41) is 0. The second kappa shape index (κ2) is 7.55. The fourth-order valence-electron chi connectivity index (χ4n) is 2.94. The first-order valence-corrected chi connectivity index (χ1v) is 7.32. The summed E-state index contributed by atoms with van der Waals surface area (Å²) >= 11 is 0. The van der Waals surface area contributed by atoms with Crippen LogP contribution in [0.5, 0.6) is 0 Å². The Kier molecular flexibility index (Phi) is 7.11. The summed E-state index contributed by atoms with van der Waals surface area (Å²) < 4.78 is 4.96. The van der Waals surface area contributed by atoms with Crippen LogP contribution in [0, 0.1) is 16.7 Å². The van der Waals surface area contributed by atoms with E-state index in [1.807, 2.05) is 20.8 Å². The van der Waals surface area contributed by atoms with E-state index in [0.29, 0.717) is 19.1 Å². The summed E-state index contributed by atoms with van der Waals surface area (Å²) in [6.07, 6.45) is 3.51. The quantitative estimate of drug-likeness (QED) is 0.370. The van der Waals surface area contributed by atoms with Crippen LogP contribution in [0.3, 0.4) is 0 Å². The van der Waals surface area contributed by atoms with Crippen LogP contribution >= 0.6 is 0 Å². The summed E-state index contributed by atoms with van der Waals surface area (Å²) in [5.74, 6) is -1.27. The first kappa shape index (κ1) is 18.8. The maximum atomic E-state index is 12.3. The van der Waals surface area contributed by atoms with E-state index < -0.39 is 22.5 Å². The second-order valence-corrected chi connectivity index (χ2v) is 5.94. The molecule has 116 valence electrons. The molecule has 0 bridgehead atoms. The van der Waals surface area contributed by atoms with E-state index in [-0.39, 0.29) is 5.97 Å². The van der Waals surface area contributed by atoms with Crippen molar-refractivity contribution in [3.63, 3.8) is 0 Å². The number of esters is 1. The SMILES string of the molecule is CCCCC(C)(C(C)C(=O)C=O)C(C)(CC)C(=O)OC. The van der Waals surface area contributed by atoms with Crippen molar-refractivity contribution in [3.05, 3.63) is 0 Å². The summed E-state index contributed by atoms with van der Waals surface area (Å²) in [6, 6.07) is 0. The van der Waals surface area contributed by atoms with Gasteiger partial charge in [0.15, 0.2) is 12.1 Å². The van der Waals surface area contributed by atoms with Gasteiger partial charge in [-0.1, -0.05) is 40.5 Å². The molecule has 0 heterocycles. The highest BCUT2D eigenvalue weighted by atomic mass is 16.5. The van der Waals surface area contributed by atoms with Crippen LogP contribution in [0.2, 0.25) is 0 Å². The molecule has 0 amide bonds. The lowest BCUT2D eigenvalue weighted by Gasteiger charge is -2.47. The highest BCUT2D eigenvalue weighted by molar-refractivity contribution is 6.26. The van der Waals surface area contributed by atoms with Gasteiger partial charge < -0.3 is 4.74 Å². The van der Waals surface area contributed by atoms with Gasteiger partial charge in [-0.25, -0.2) is 0 Å². The average molecular weight is 284 g/mol. The van der Waals surface area contributed by atoms with Crippen molar-refractivity contribution < 1.29 is 19.1 Å². The molecule has 3 unspecified atom stereocenters. The molecule has 0 fully saturated rings. The third-order valence-electron chi connectivity index (χ3n) is 5.15. The van der Waals surface area contributed by atoms with E-state index in [1.54, 1.807) is 6.92 Å². The number of carbonyl (C=O) groups is 3. The zero-order chi connectivity index (χ0) is 16.0. The summed E-state index contributed by atoms with van der Waals surface area (Å²) in [5.41, 5.74) is -1.38. The zero-order valence-electron chi connectivity index (χ0n) is 13.6. The van der Waals surface area contributed by atoms with Crippen LogP contribution in [0.1, 0.15) is 60.3 Å². The molecular weight excluding hydrogens is 256 g/mol. The van der Waals surface area contributed by atoms with Gasteiger partial charge in [0.05, 0.1) is 12.5 Å². The number of aldehydes is 1. The van der Waals surface area contributed by atoms with Crippen LogP contribution in [0.25, 0.3) is 0 Å². The van der Waals surface area contributed by atoms with E-state index in [0.717, 1.165) is 12.8 Å².